The first kappa shape index (κ1) is 13.1. The molecule has 0 aliphatic heterocycles. The summed E-state index contributed by atoms with van der Waals surface area (Å²) in [6.45, 7) is 2.01. The topological polar surface area (TPSA) is 59.6 Å². The van der Waals surface area contributed by atoms with E-state index >= 15 is 0 Å². The lowest BCUT2D eigenvalue weighted by Gasteiger charge is -2.11. The predicted octanol–water partition coefficient (Wildman–Crippen LogP) is 2.55. The Bertz CT molecular complexity index is 579. The second kappa shape index (κ2) is 6.02. The number of ether oxygens (including phenoxy) is 1. The molecule has 0 saturated carbocycles. The van der Waals surface area contributed by atoms with Gasteiger partial charge in [0.15, 0.2) is 5.84 Å². The van der Waals surface area contributed by atoms with Crippen LogP contribution in [0.15, 0.2) is 53.5 Å². The number of benzene rings is 2. The average Bonchev–Trinajstić information content (AvgIpc) is 2.46. The second-order valence-electron chi connectivity index (χ2n) is 4.14. The van der Waals surface area contributed by atoms with Crippen LogP contribution < -0.4 is 16.0 Å². The van der Waals surface area contributed by atoms with Crippen molar-refractivity contribution in [2.24, 2.45) is 10.8 Å². The van der Waals surface area contributed by atoms with E-state index in [0.29, 0.717) is 5.84 Å². The molecule has 3 N–H and O–H groups in total. The third-order valence-electron chi connectivity index (χ3n) is 2.74. The lowest BCUT2D eigenvalue weighted by Crippen LogP contribution is -2.31. The Labute approximate surface area is 112 Å². The number of hydrogen-bond donors (Lipinski definition) is 2. The van der Waals surface area contributed by atoms with Gasteiger partial charge in [-0.25, -0.2) is 10.8 Å². The molecular weight excluding hydrogens is 238 g/mol. The average molecular weight is 255 g/mol. The van der Waals surface area contributed by atoms with E-state index in [0.717, 1.165) is 22.6 Å². The number of hydrazine groups is 1. The molecule has 98 valence electrons. The molecule has 0 unspecified atom stereocenters. The van der Waals surface area contributed by atoms with Gasteiger partial charge in [0, 0.05) is 0 Å². The molecule has 0 saturated heterocycles. The molecule has 2 aromatic carbocycles. The number of nitrogens with zero attached hydrogens (tertiary/aromatic N) is 1. The molecule has 0 aliphatic rings. The van der Waals surface area contributed by atoms with Crippen LogP contribution in [0.1, 0.15) is 11.1 Å². The molecule has 0 aromatic heterocycles. The number of rotatable bonds is 3. The van der Waals surface area contributed by atoms with Crippen LogP contribution in [-0.2, 0) is 0 Å². The molecule has 0 radical (unpaired) electrons. The van der Waals surface area contributed by atoms with Crippen LogP contribution in [0.3, 0.4) is 0 Å². The van der Waals surface area contributed by atoms with Gasteiger partial charge in [-0.15, -0.1) is 0 Å². The maximum Gasteiger partial charge on any atom is 0.151 e. The Hall–Kier alpha value is -2.33. The van der Waals surface area contributed by atoms with Crippen LogP contribution in [0.2, 0.25) is 0 Å². The number of para-hydroxylation sites is 1. The summed E-state index contributed by atoms with van der Waals surface area (Å²) >= 11 is 0. The fourth-order valence-electron chi connectivity index (χ4n) is 1.81. The zero-order chi connectivity index (χ0) is 13.7. The standard InChI is InChI=1S/C15H17N3O/c1-11-8-9-14(19-2)13(10-11)15(18-16)17-12-6-4-3-5-7-12/h3-10H,16H2,1-2H3,(H,17,18). The Balaban J connectivity index is 2.48. The number of nitrogens with one attached hydrogen (secondary N) is 1. The van der Waals surface area contributed by atoms with Crippen molar-refractivity contribution in [2.45, 2.75) is 6.92 Å². The number of nitrogens with two attached hydrogens (primary N) is 1. The molecule has 0 spiro atoms. The quantitative estimate of drug-likeness (QED) is 0.383. The minimum atomic E-state index is 0.576. The smallest absolute Gasteiger partial charge is 0.151 e. The molecule has 0 fully saturated rings. The molecule has 2 aromatic rings. The van der Waals surface area contributed by atoms with Crippen molar-refractivity contribution in [3.8, 4) is 5.75 Å². The monoisotopic (exact) mass is 255 g/mol. The van der Waals surface area contributed by atoms with Crippen molar-refractivity contribution in [3.05, 3.63) is 59.7 Å². The lowest BCUT2D eigenvalue weighted by atomic mass is 10.1. The summed E-state index contributed by atoms with van der Waals surface area (Å²) in [6.07, 6.45) is 0. The van der Waals surface area contributed by atoms with Crippen LogP contribution in [-0.4, -0.2) is 12.9 Å². The summed E-state index contributed by atoms with van der Waals surface area (Å²) in [4.78, 5) is 4.50. The molecule has 4 nitrogen and oxygen atoms in total. The first-order chi connectivity index (χ1) is 9.24. The third kappa shape index (κ3) is 3.11. The molecule has 4 heteroatoms. The van der Waals surface area contributed by atoms with Gasteiger partial charge in [-0.1, -0.05) is 29.8 Å². The zero-order valence-corrected chi connectivity index (χ0v) is 11.1. The van der Waals surface area contributed by atoms with Gasteiger partial charge in [0.05, 0.1) is 18.4 Å². The summed E-state index contributed by atoms with van der Waals surface area (Å²) in [7, 11) is 1.63. The van der Waals surface area contributed by atoms with Gasteiger partial charge in [0.2, 0.25) is 0 Å². The van der Waals surface area contributed by atoms with E-state index in [1.165, 1.54) is 0 Å². The third-order valence-corrected chi connectivity index (χ3v) is 2.74. The number of methoxy groups -OCH3 is 1. The molecule has 0 bridgehead atoms. The number of hydrogen-bond acceptors (Lipinski definition) is 3. The molecule has 0 atom stereocenters. The van der Waals surface area contributed by atoms with Gasteiger partial charge >= 0.3 is 0 Å². The van der Waals surface area contributed by atoms with E-state index in [1.807, 2.05) is 55.5 Å². The highest BCUT2D eigenvalue weighted by Gasteiger charge is 2.09. The van der Waals surface area contributed by atoms with Crippen LogP contribution >= 0.6 is 0 Å². The van der Waals surface area contributed by atoms with E-state index in [4.69, 9.17) is 10.6 Å². The van der Waals surface area contributed by atoms with Crippen molar-refractivity contribution < 1.29 is 4.74 Å². The van der Waals surface area contributed by atoms with Crippen molar-refractivity contribution >= 4 is 11.5 Å². The summed E-state index contributed by atoms with van der Waals surface area (Å²) < 4.78 is 5.34. The maximum atomic E-state index is 5.59. The zero-order valence-electron chi connectivity index (χ0n) is 11.1. The highest BCUT2D eigenvalue weighted by molar-refractivity contribution is 6.02. The normalized spacial score (nSPS) is 11.2. The first-order valence-electron chi connectivity index (χ1n) is 6.00. The number of aryl methyl sites for hydroxylation is 1. The van der Waals surface area contributed by atoms with E-state index in [2.05, 4.69) is 10.4 Å². The SMILES string of the molecule is COc1ccc(C)cc1C(=Nc1ccccc1)NN. The fraction of sp³-hybridized carbons (Fsp3) is 0.133. The second-order valence-corrected chi connectivity index (χ2v) is 4.14. The van der Waals surface area contributed by atoms with Crippen molar-refractivity contribution in [1.82, 2.24) is 5.43 Å². The van der Waals surface area contributed by atoms with E-state index < -0.39 is 0 Å². The Morgan fingerprint density at radius 1 is 1.16 bits per heavy atom. The predicted molar refractivity (Wildman–Crippen MR) is 77.7 cm³/mol. The van der Waals surface area contributed by atoms with Crippen LogP contribution in [0.25, 0.3) is 0 Å². The van der Waals surface area contributed by atoms with Crippen molar-refractivity contribution in [2.75, 3.05) is 7.11 Å². The summed E-state index contributed by atoms with van der Waals surface area (Å²) in [5.74, 6) is 6.90. The van der Waals surface area contributed by atoms with E-state index in [9.17, 15) is 0 Å². The Morgan fingerprint density at radius 2 is 1.89 bits per heavy atom. The first-order valence-corrected chi connectivity index (χ1v) is 6.00. The Kier molecular flexibility index (Phi) is 4.15. The van der Waals surface area contributed by atoms with Gasteiger partial charge in [0.25, 0.3) is 0 Å². The summed E-state index contributed by atoms with van der Waals surface area (Å²) in [6, 6.07) is 15.5. The van der Waals surface area contributed by atoms with Crippen molar-refractivity contribution in [3.63, 3.8) is 0 Å². The van der Waals surface area contributed by atoms with Crippen molar-refractivity contribution in [1.29, 1.82) is 0 Å². The lowest BCUT2D eigenvalue weighted by molar-refractivity contribution is 0.413. The minimum absolute atomic E-state index is 0.576. The Morgan fingerprint density at radius 3 is 2.53 bits per heavy atom. The molecule has 0 aliphatic carbocycles. The summed E-state index contributed by atoms with van der Waals surface area (Å²) in [5.41, 5.74) is 5.43. The highest BCUT2D eigenvalue weighted by Crippen LogP contribution is 2.21. The number of amidine groups is 1. The highest BCUT2D eigenvalue weighted by atomic mass is 16.5. The van der Waals surface area contributed by atoms with Crippen LogP contribution in [0, 0.1) is 6.92 Å². The largest absolute Gasteiger partial charge is 0.496 e. The summed E-state index contributed by atoms with van der Waals surface area (Å²) in [5, 5.41) is 0. The minimum Gasteiger partial charge on any atom is -0.496 e. The fourth-order valence-corrected chi connectivity index (χ4v) is 1.81. The molecular formula is C15H17N3O. The molecule has 19 heavy (non-hydrogen) atoms. The molecule has 2 rings (SSSR count). The molecule has 0 amide bonds. The maximum absolute atomic E-state index is 5.59. The van der Waals surface area contributed by atoms with Gasteiger partial charge in [0.1, 0.15) is 5.75 Å². The van der Waals surface area contributed by atoms with Gasteiger partial charge < -0.3 is 10.2 Å². The molecule has 0 heterocycles. The number of aliphatic imine (C=N–C) groups is 1. The van der Waals surface area contributed by atoms with E-state index in [-0.39, 0.29) is 0 Å². The van der Waals surface area contributed by atoms with Gasteiger partial charge in [-0.3, -0.25) is 0 Å². The van der Waals surface area contributed by atoms with Gasteiger partial charge in [-0.05, 0) is 31.2 Å². The van der Waals surface area contributed by atoms with E-state index in [1.54, 1.807) is 7.11 Å². The van der Waals surface area contributed by atoms with Gasteiger partial charge in [-0.2, -0.15) is 0 Å². The van der Waals surface area contributed by atoms with Crippen LogP contribution in [0.5, 0.6) is 5.75 Å². The van der Waals surface area contributed by atoms with Crippen LogP contribution in [0.4, 0.5) is 5.69 Å².